The number of hydrazine groups is 1. The Bertz CT molecular complexity index is 732. The standard InChI is InChI=1S/C22H28N2O3/c1-4-27-21(26)22(17(2)3,16-15-18-11-7-5-8-12-18)24-23-20(25)19-13-9-6-10-14-19/h5-14,17,24H,4,15-16H2,1-3H3,(H,23,25)/t22-/m1/s1. The molecule has 144 valence electrons. The molecule has 1 atom stereocenters. The zero-order valence-corrected chi connectivity index (χ0v) is 16.2. The van der Waals surface area contributed by atoms with Crippen molar-refractivity contribution in [3.05, 3.63) is 71.8 Å². The summed E-state index contributed by atoms with van der Waals surface area (Å²) < 4.78 is 5.34. The molecule has 5 heteroatoms. The molecule has 5 nitrogen and oxygen atoms in total. The van der Waals surface area contributed by atoms with Crippen LogP contribution in [0.25, 0.3) is 0 Å². The number of benzene rings is 2. The highest BCUT2D eigenvalue weighted by Gasteiger charge is 2.43. The number of ether oxygens (including phenoxy) is 1. The van der Waals surface area contributed by atoms with E-state index >= 15 is 0 Å². The summed E-state index contributed by atoms with van der Waals surface area (Å²) >= 11 is 0. The second kappa shape index (κ2) is 9.88. The minimum absolute atomic E-state index is 0.0867. The summed E-state index contributed by atoms with van der Waals surface area (Å²) in [6, 6.07) is 18.9. The van der Waals surface area contributed by atoms with Gasteiger partial charge in [-0.3, -0.25) is 10.2 Å². The number of carbonyl (C=O) groups excluding carboxylic acids is 2. The molecule has 0 radical (unpaired) electrons. The van der Waals surface area contributed by atoms with Crippen molar-refractivity contribution in [2.24, 2.45) is 5.92 Å². The van der Waals surface area contributed by atoms with E-state index in [0.29, 0.717) is 18.4 Å². The number of nitrogens with one attached hydrogen (secondary N) is 2. The number of esters is 1. The van der Waals surface area contributed by atoms with Gasteiger partial charge >= 0.3 is 5.97 Å². The van der Waals surface area contributed by atoms with Crippen LogP contribution in [0.5, 0.6) is 0 Å². The Hall–Kier alpha value is -2.66. The van der Waals surface area contributed by atoms with Gasteiger partial charge in [-0.2, -0.15) is 0 Å². The molecule has 0 spiro atoms. The van der Waals surface area contributed by atoms with Crippen LogP contribution in [0, 0.1) is 5.92 Å². The van der Waals surface area contributed by atoms with Crippen molar-refractivity contribution >= 4 is 11.9 Å². The zero-order valence-electron chi connectivity index (χ0n) is 16.2. The van der Waals surface area contributed by atoms with Gasteiger partial charge in [-0.1, -0.05) is 62.4 Å². The fourth-order valence-corrected chi connectivity index (χ4v) is 2.96. The number of carbonyl (C=O) groups is 2. The maximum Gasteiger partial charge on any atom is 0.328 e. The largest absolute Gasteiger partial charge is 0.465 e. The maximum atomic E-state index is 12.8. The van der Waals surface area contributed by atoms with Crippen LogP contribution >= 0.6 is 0 Å². The highest BCUT2D eigenvalue weighted by molar-refractivity contribution is 5.94. The van der Waals surface area contributed by atoms with Crippen LogP contribution in [0.1, 0.15) is 43.1 Å². The Morgan fingerprint density at radius 1 is 1.00 bits per heavy atom. The molecule has 0 aliphatic heterocycles. The van der Waals surface area contributed by atoms with Gasteiger partial charge < -0.3 is 4.74 Å². The van der Waals surface area contributed by atoms with Crippen LogP contribution in [0.2, 0.25) is 0 Å². The van der Waals surface area contributed by atoms with E-state index in [1.165, 1.54) is 0 Å². The third-order valence-electron chi connectivity index (χ3n) is 4.71. The fraction of sp³-hybridized carbons (Fsp3) is 0.364. The number of rotatable bonds is 9. The Morgan fingerprint density at radius 2 is 1.59 bits per heavy atom. The maximum absolute atomic E-state index is 12.8. The predicted molar refractivity (Wildman–Crippen MR) is 106 cm³/mol. The van der Waals surface area contributed by atoms with Gasteiger partial charge in [-0.25, -0.2) is 10.2 Å². The lowest BCUT2D eigenvalue weighted by molar-refractivity contribution is -0.154. The molecule has 0 aromatic heterocycles. The zero-order chi connectivity index (χ0) is 19.7. The van der Waals surface area contributed by atoms with Crippen molar-refractivity contribution in [1.82, 2.24) is 10.9 Å². The SMILES string of the molecule is CCOC(=O)[C@](CCc1ccccc1)(NNC(=O)c1ccccc1)C(C)C. The van der Waals surface area contributed by atoms with E-state index in [2.05, 4.69) is 10.9 Å². The third kappa shape index (κ3) is 5.41. The summed E-state index contributed by atoms with van der Waals surface area (Å²) in [5.74, 6) is -0.731. The second-order valence-corrected chi connectivity index (χ2v) is 6.78. The lowest BCUT2D eigenvalue weighted by Crippen LogP contribution is -2.62. The molecule has 2 N–H and O–H groups in total. The topological polar surface area (TPSA) is 67.4 Å². The van der Waals surface area contributed by atoms with Crippen molar-refractivity contribution in [1.29, 1.82) is 0 Å². The quantitative estimate of drug-likeness (QED) is 0.525. The van der Waals surface area contributed by atoms with Crippen LogP contribution in [-0.2, 0) is 16.0 Å². The van der Waals surface area contributed by atoms with Crippen molar-refractivity contribution in [3.8, 4) is 0 Å². The summed E-state index contributed by atoms with van der Waals surface area (Å²) in [6.45, 7) is 5.96. The summed E-state index contributed by atoms with van der Waals surface area (Å²) in [7, 11) is 0. The predicted octanol–water partition coefficient (Wildman–Crippen LogP) is 3.51. The van der Waals surface area contributed by atoms with Gasteiger partial charge in [0, 0.05) is 5.56 Å². The average molecular weight is 368 g/mol. The van der Waals surface area contributed by atoms with Gasteiger partial charge in [0.2, 0.25) is 0 Å². The summed E-state index contributed by atoms with van der Waals surface area (Å²) in [6.07, 6.45) is 1.19. The van der Waals surface area contributed by atoms with Crippen LogP contribution < -0.4 is 10.9 Å². The summed E-state index contributed by atoms with van der Waals surface area (Å²) in [5, 5.41) is 0. The van der Waals surface area contributed by atoms with Gasteiger partial charge in [-0.05, 0) is 43.4 Å². The molecule has 0 fully saturated rings. The molecule has 0 heterocycles. The Balaban J connectivity index is 2.19. The third-order valence-corrected chi connectivity index (χ3v) is 4.71. The van der Waals surface area contributed by atoms with E-state index in [9.17, 15) is 9.59 Å². The van der Waals surface area contributed by atoms with E-state index in [0.717, 1.165) is 5.56 Å². The van der Waals surface area contributed by atoms with Crippen molar-refractivity contribution in [3.63, 3.8) is 0 Å². The van der Waals surface area contributed by atoms with Crippen LogP contribution in [0.15, 0.2) is 60.7 Å². The van der Waals surface area contributed by atoms with Crippen LogP contribution in [0.4, 0.5) is 0 Å². The van der Waals surface area contributed by atoms with Gasteiger partial charge in [0.15, 0.2) is 0 Å². The van der Waals surface area contributed by atoms with E-state index in [-0.39, 0.29) is 24.4 Å². The molecule has 2 aromatic carbocycles. The molecule has 0 unspecified atom stereocenters. The monoisotopic (exact) mass is 368 g/mol. The van der Waals surface area contributed by atoms with Crippen molar-refractivity contribution in [2.75, 3.05) is 6.61 Å². The highest BCUT2D eigenvalue weighted by Crippen LogP contribution is 2.25. The minimum Gasteiger partial charge on any atom is -0.465 e. The fourth-order valence-electron chi connectivity index (χ4n) is 2.96. The van der Waals surface area contributed by atoms with Gasteiger partial charge in [-0.15, -0.1) is 0 Å². The van der Waals surface area contributed by atoms with E-state index < -0.39 is 5.54 Å². The van der Waals surface area contributed by atoms with Crippen molar-refractivity contribution in [2.45, 2.75) is 39.2 Å². The molecule has 2 aromatic rings. The first-order chi connectivity index (χ1) is 13.0. The Kier molecular flexibility index (Phi) is 7.55. The van der Waals surface area contributed by atoms with Gasteiger partial charge in [0.1, 0.15) is 5.54 Å². The summed E-state index contributed by atoms with van der Waals surface area (Å²) in [4.78, 5) is 25.3. The molecular weight excluding hydrogens is 340 g/mol. The molecule has 27 heavy (non-hydrogen) atoms. The van der Waals surface area contributed by atoms with Crippen LogP contribution in [0.3, 0.4) is 0 Å². The van der Waals surface area contributed by atoms with E-state index in [1.807, 2.05) is 50.2 Å². The lowest BCUT2D eigenvalue weighted by atomic mass is 9.81. The van der Waals surface area contributed by atoms with Gasteiger partial charge in [0.05, 0.1) is 6.61 Å². The Morgan fingerprint density at radius 3 is 2.15 bits per heavy atom. The van der Waals surface area contributed by atoms with Crippen LogP contribution in [-0.4, -0.2) is 24.0 Å². The molecule has 0 saturated heterocycles. The molecular formula is C22H28N2O3. The normalized spacial score (nSPS) is 13.0. The van der Waals surface area contributed by atoms with Crippen molar-refractivity contribution < 1.29 is 14.3 Å². The number of hydrogen-bond donors (Lipinski definition) is 2. The Labute approximate surface area is 161 Å². The number of aryl methyl sites for hydroxylation is 1. The second-order valence-electron chi connectivity index (χ2n) is 6.78. The summed E-state index contributed by atoms with van der Waals surface area (Å²) in [5.41, 5.74) is 6.35. The smallest absolute Gasteiger partial charge is 0.328 e. The molecule has 0 aliphatic rings. The van der Waals surface area contributed by atoms with Gasteiger partial charge in [0.25, 0.3) is 5.91 Å². The van der Waals surface area contributed by atoms with E-state index in [4.69, 9.17) is 4.74 Å². The molecule has 0 aliphatic carbocycles. The first kappa shape index (κ1) is 20.6. The molecule has 2 rings (SSSR count). The average Bonchev–Trinajstić information content (AvgIpc) is 2.69. The molecule has 0 bridgehead atoms. The number of hydrogen-bond acceptors (Lipinski definition) is 4. The number of amides is 1. The first-order valence-electron chi connectivity index (χ1n) is 9.33. The lowest BCUT2D eigenvalue weighted by Gasteiger charge is -2.36. The molecule has 1 amide bonds. The van der Waals surface area contributed by atoms with E-state index in [1.54, 1.807) is 31.2 Å². The minimum atomic E-state index is -1.02. The first-order valence-corrected chi connectivity index (χ1v) is 9.33. The molecule has 0 saturated carbocycles. The highest BCUT2D eigenvalue weighted by atomic mass is 16.5.